The Kier molecular flexibility index (Phi) is 6.57. The maximum atomic E-state index is 14.5. The van der Waals surface area contributed by atoms with E-state index in [0.29, 0.717) is 17.3 Å². The molecule has 0 saturated carbocycles. The number of amidine groups is 1. The molecule has 1 aliphatic heterocycles. The van der Waals surface area contributed by atoms with Gasteiger partial charge in [-0.3, -0.25) is 14.4 Å². The Bertz CT molecular complexity index is 1260. The van der Waals surface area contributed by atoms with Gasteiger partial charge in [0.05, 0.1) is 23.4 Å². The Hall–Kier alpha value is -3.50. The highest BCUT2D eigenvalue weighted by atomic mass is 35.5. The fourth-order valence-electron chi connectivity index (χ4n) is 3.40. The Morgan fingerprint density at radius 2 is 2.06 bits per heavy atom. The van der Waals surface area contributed by atoms with Gasteiger partial charge < -0.3 is 10.1 Å². The number of rotatable bonds is 6. The Morgan fingerprint density at radius 1 is 1.24 bits per heavy atom. The number of carbonyl (C=O) groups excluding carboxylic acids is 1. The minimum Gasteiger partial charge on any atom is -0.384 e. The lowest BCUT2D eigenvalue weighted by Crippen LogP contribution is -2.36. The molecule has 0 fully saturated rings. The van der Waals surface area contributed by atoms with Crippen LogP contribution in [0.1, 0.15) is 28.5 Å². The van der Waals surface area contributed by atoms with Gasteiger partial charge in [-0.15, -0.1) is 0 Å². The summed E-state index contributed by atoms with van der Waals surface area (Å²) >= 11 is 5.99. The van der Waals surface area contributed by atoms with Crippen LogP contribution in [0.2, 0.25) is 5.02 Å². The molecule has 0 spiro atoms. The number of imidazole rings is 1. The average molecular weight is 476 g/mol. The first-order valence-corrected chi connectivity index (χ1v) is 10.1. The van der Waals surface area contributed by atoms with Crippen molar-refractivity contribution in [1.29, 1.82) is 0 Å². The van der Waals surface area contributed by atoms with Crippen LogP contribution in [0, 0.1) is 17.5 Å². The van der Waals surface area contributed by atoms with Crippen molar-refractivity contribution in [2.75, 3.05) is 13.7 Å². The second-order valence-electron chi connectivity index (χ2n) is 7.07. The second kappa shape index (κ2) is 9.55. The van der Waals surface area contributed by atoms with Gasteiger partial charge in [0.1, 0.15) is 29.7 Å². The molecule has 33 heavy (non-hydrogen) atoms. The molecule has 1 atom stereocenters. The number of aromatic nitrogens is 3. The number of carbonyl (C=O) groups is 1. The van der Waals surface area contributed by atoms with Gasteiger partial charge in [0.25, 0.3) is 5.91 Å². The zero-order valence-corrected chi connectivity index (χ0v) is 18.0. The van der Waals surface area contributed by atoms with Crippen molar-refractivity contribution in [2.24, 2.45) is 4.99 Å². The van der Waals surface area contributed by atoms with Crippen molar-refractivity contribution in [3.05, 3.63) is 94.2 Å². The molecule has 1 N–H and O–H groups in total. The number of hydrogen-bond acceptors (Lipinski definition) is 6. The van der Waals surface area contributed by atoms with E-state index in [2.05, 4.69) is 20.3 Å². The normalized spacial score (nSPS) is 15.9. The van der Waals surface area contributed by atoms with Crippen LogP contribution in [-0.2, 0) is 4.74 Å². The monoisotopic (exact) mass is 475 g/mol. The van der Waals surface area contributed by atoms with Crippen molar-refractivity contribution in [2.45, 2.75) is 12.5 Å². The molecule has 1 aromatic carbocycles. The minimum atomic E-state index is -0.993. The lowest BCUT2D eigenvalue weighted by atomic mass is 9.93. The Morgan fingerprint density at radius 3 is 2.73 bits per heavy atom. The van der Waals surface area contributed by atoms with E-state index in [1.807, 2.05) is 0 Å². The number of benzene rings is 1. The molecule has 0 amide bonds. The van der Waals surface area contributed by atoms with Gasteiger partial charge in [0, 0.05) is 37.7 Å². The van der Waals surface area contributed by atoms with Crippen LogP contribution >= 0.6 is 11.6 Å². The molecule has 3 heterocycles. The summed E-state index contributed by atoms with van der Waals surface area (Å²) in [5.74, 6) is -2.90. The van der Waals surface area contributed by atoms with Gasteiger partial charge in [0.2, 0.25) is 0 Å². The van der Waals surface area contributed by atoms with Gasteiger partial charge in [-0.2, -0.15) is 0 Å². The molecule has 0 saturated heterocycles. The van der Waals surface area contributed by atoms with Gasteiger partial charge in [-0.05, 0) is 17.7 Å². The van der Waals surface area contributed by atoms with Gasteiger partial charge in [-0.1, -0.05) is 17.7 Å². The summed E-state index contributed by atoms with van der Waals surface area (Å²) in [4.78, 5) is 25.6. The van der Waals surface area contributed by atoms with Crippen LogP contribution in [0.25, 0.3) is 0 Å². The van der Waals surface area contributed by atoms with Crippen molar-refractivity contribution in [3.8, 4) is 0 Å². The topological polar surface area (TPSA) is 81.4 Å². The number of hydrogen-bond donors (Lipinski definition) is 1. The van der Waals surface area contributed by atoms with Crippen molar-refractivity contribution < 1.29 is 22.7 Å². The molecule has 3 aromatic rings. The fraction of sp³-hybridized carbons (Fsp3) is 0.182. The zero-order valence-electron chi connectivity index (χ0n) is 17.2. The standard InChI is InChI=1S/C22H17ClF3N5O2/c1-33-7-4-17-18(22(32)31-6-5-27-11-31)19(12-2-3-15(25)14(23)8-12)30-21(29-17)20-16(26)9-13(24)10-28-20/h2-3,5-6,8-11,19H,4,7H2,1H3,(H,29,30). The van der Waals surface area contributed by atoms with Crippen LogP contribution < -0.4 is 5.32 Å². The van der Waals surface area contributed by atoms with Crippen LogP contribution in [-0.4, -0.2) is 40.0 Å². The largest absolute Gasteiger partial charge is 0.384 e. The molecule has 11 heteroatoms. The second-order valence-corrected chi connectivity index (χ2v) is 7.48. The predicted molar refractivity (Wildman–Crippen MR) is 114 cm³/mol. The first-order chi connectivity index (χ1) is 15.9. The summed E-state index contributed by atoms with van der Waals surface area (Å²) in [5, 5.41) is 2.78. The Labute approximate surface area is 191 Å². The van der Waals surface area contributed by atoms with Gasteiger partial charge in [0.15, 0.2) is 11.7 Å². The summed E-state index contributed by atoms with van der Waals surface area (Å²) in [6.07, 6.45) is 5.34. The van der Waals surface area contributed by atoms with Crippen LogP contribution in [0.15, 0.2) is 65.4 Å². The third-order valence-electron chi connectivity index (χ3n) is 4.94. The quantitative estimate of drug-likeness (QED) is 0.581. The number of nitrogens with zero attached hydrogens (tertiary/aromatic N) is 4. The van der Waals surface area contributed by atoms with E-state index in [1.165, 1.54) is 42.5 Å². The van der Waals surface area contributed by atoms with E-state index in [0.717, 1.165) is 12.3 Å². The number of halogens is 4. The van der Waals surface area contributed by atoms with Crippen LogP contribution in [0.4, 0.5) is 13.2 Å². The highest BCUT2D eigenvalue weighted by Crippen LogP contribution is 2.35. The number of aliphatic imine (C=N–C) groups is 1. The number of methoxy groups -OCH3 is 1. The third kappa shape index (κ3) is 4.67. The molecule has 0 radical (unpaired) electrons. The summed E-state index contributed by atoms with van der Waals surface area (Å²) in [6.45, 7) is 0.229. The highest BCUT2D eigenvalue weighted by Gasteiger charge is 2.33. The first-order valence-electron chi connectivity index (χ1n) is 9.75. The zero-order chi connectivity index (χ0) is 23.5. The first kappa shape index (κ1) is 22.7. The van der Waals surface area contributed by atoms with Crippen molar-refractivity contribution in [1.82, 2.24) is 19.9 Å². The maximum absolute atomic E-state index is 14.5. The molecule has 7 nitrogen and oxygen atoms in total. The van der Waals surface area contributed by atoms with E-state index in [-0.39, 0.29) is 35.2 Å². The molecule has 2 aromatic heterocycles. The summed E-state index contributed by atoms with van der Waals surface area (Å²) < 4.78 is 48.2. The number of nitrogens with one attached hydrogen (secondary N) is 1. The van der Waals surface area contributed by atoms with Crippen molar-refractivity contribution in [3.63, 3.8) is 0 Å². The summed E-state index contributed by atoms with van der Waals surface area (Å²) in [7, 11) is 1.49. The number of pyridine rings is 1. The lowest BCUT2D eigenvalue weighted by Gasteiger charge is -2.28. The van der Waals surface area contributed by atoms with Gasteiger partial charge >= 0.3 is 0 Å². The van der Waals surface area contributed by atoms with E-state index < -0.39 is 29.4 Å². The molecule has 1 aliphatic rings. The highest BCUT2D eigenvalue weighted by molar-refractivity contribution is 6.30. The van der Waals surface area contributed by atoms with E-state index in [4.69, 9.17) is 16.3 Å². The summed E-state index contributed by atoms with van der Waals surface area (Å²) in [6, 6.07) is 3.62. The molecular formula is C22H17ClF3N5O2. The summed E-state index contributed by atoms with van der Waals surface area (Å²) in [5.41, 5.74) is 0.746. The Balaban J connectivity index is 1.90. The molecule has 4 rings (SSSR count). The molecule has 0 bridgehead atoms. The average Bonchev–Trinajstić information content (AvgIpc) is 3.33. The van der Waals surface area contributed by atoms with E-state index >= 15 is 0 Å². The molecule has 1 unspecified atom stereocenters. The van der Waals surface area contributed by atoms with Crippen LogP contribution in [0.5, 0.6) is 0 Å². The number of ether oxygens (including phenoxy) is 1. The lowest BCUT2D eigenvalue weighted by molar-refractivity contribution is 0.0945. The van der Waals surface area contributed by atoms with E-state index in [1.54, 1.807) is 0 Å². The van der Waals surface area contributed by atoms with Gasteiger partial charge in [-0.25, -0.2) is 23.1 Å². The molecular weight excluding hydrogens is 459 g/mol. The molecule has 0 aliphatic carbocycles. The predicted octanol–water partition coefficient (Wildman–Crippen LogP) is 4.07. The van der Waals surface area contributed by atoms with Crippen LogP contribution in [0.3, 0.4) is 0 Å². The van der Waals surface area contributed by atoms with E-state index in [9.17, 15) is 18.0 Å². The maximum Gasteiger partial charge on any atom is 0.263 e. The van der Waals surface area contributed by atoms with Crippen molar-refractivity contribution >= 4 is 23.3 Å². The third-order valence-corrected chi connectivity index (χ3v) is 5.23. The molecule has 170 valence electrons. The smallest absolute Gasteiger partial charge is 0.263 e. The fourth-order valence-corrected chi connectivity index (χ4v) is 3.59. The SMILES string of the molecule is COCCC1=C(C(=O)n2ccnc2)C(c2ccc(F)c(Cl)c2)N=C(c2ncc(F)cc2F)N1. The minimum absolute atomic E-state index is 0.0220.